The summed E-state index contributed by atoms with van der Waals surface area (Å²) in [4.78, 5) is 27.4. The first-order valence-corrected chi connectivity index (χ1v) is 6.78. The summed E-state index contributed by atoms with van der Waals surface area (Å²) in [5.74, 6) is -1.20. The Morgan fingerprint density at radius 3 is 2.79 bits per heavy atom. The average Bonchev–Trinajstić information content (AvgIpc) is 2.81. The van der Waals surface area contributed by atoms with Crippen LogP contribution in [0.1, 0.15) is 33.7 Å². The van der Waals surface area contributed by atoms with E-state index >= 15 is 0 Å². The van der Waals surface area contributed by atoms with Gasteiger partial charge in [-0.3, -0.25) is 4.79 Å². The number of pyridine rings is 1. The number of aromatic nitrogens is 2. The number of carbonyl (C=O) groups is 1. The van der Waals surface area contributed by atoms with Crippen LogP contribution in [-0.4, -0.2) is 20.6 Å². The molecule has 0 amide bonds. The zero-order chi connectivity index (χ0) is 14.0. The van der Waals surface area contributed by atoms with E-state index in [0.29, 0.717) is 6.54 Å². The summed E-state index contributed by atoms with van der Waals surface area (Å²) in [5.41, 5.74) is 0.811. The Hall–Kier alpha value is -1.95. The van der Waals surface area contributed by atoms with E-state index in [1.165, 1.54) is 10.6 Å². The summed E-state index contributed by atoms with van der Waals surface area (Å²) < 4.78 is 1.44. The summed E-state index contributed by atoms with van der Waals surface area (Å²) in [6, 6.07) is 2.98. The average molecular weight is 278 g/mol. The van der Waals surface area contributed by atoms with Crippen molar-refractivity contribution >= 4 is 17.3 Å². The van der Waals surface area contributed by atoms with Crippen molar-refractivity contribution in [3.63, 3.8) is 0 Å². The molecule has 100 valence electrons. The van der Waals surface area contributed by atoms with Crippen LogP contribution in [0.4, 0.5) is 0 Å². The van der Waals surface area contributed by atoms with Gasteiger partial charge >= 0.3 is 5.97 Å². The third-order valence-corrected chi connectivity index (χ3v) is 3.89. The zero-order valence-corrected chi connectivity index (χ0v) is 11.5. The van der Waals surface area contributed by atoms with Gasteiger partial charge in [-0.15, -0.1) is 11.3 Å². The minimum atomic E-state index is -1.20. The molecule has 0 aliphatic carbocycles. The summed E-state index contributed by atoms with van der Waals surface area (Å²) in [5, 5.41) is 11.9. The summed E-state index contributed by atoms with van der Waals surface area (Å²) in [6.07, 6.45) is 0.855. The minimum Gasteiger partial charge on any atom is -0.477 e. The zero-order valence-electron chi connectivity index (χ0n) is 10.7. The maximum absolute atomic E-state index is 12.1. The Bertz CT molecular complexity index is 673. The number of rotatable bonds is 4. The molecule has 0 spiro atoms. The predicted octanol–water partition coefficient (Wildman–Crippen LogP) is 1.92. The quantitative estimate of drug-likeness (QED) is 0.927. The number of carboxylic acids is 1. The summed E-state index contributed by atoms with van der Waals surface area (Å²) in [7, 11) is 0. The van der Waals surface area contributed by atoms with Gasteiger partial charge in [0.1, 0.15) is 5.56 Å². The first-order valence-electron chi connectivity index (χ1n) is 5.90. The third-order valence-electron chi connectivity index (χ3n) is 2.84. The lowest BCUT2D eigenvalue weighted by molar-refractivity contribution is 0.0694. The molecule has 0 aromatic carbocycles. The molecule has 0 saturated carbocycles. The molecule has 2 aromatic rings. The lowest BCUT2D eigenvalue weighted by atomic mass is 10.2. The fourth-order valence-corrected chi connectivity index (χ4v) is 2.51. The van der Waals surface area contributed by atoms with Crippen LogP contribution in [0, 0.1) is 6.92 Å². The molecular formula is C13H14N2O3S. The molecule has 2 heterocycles. The molecule has 19 heavy (non-hydrogen) atoms. The molecule has 6 heteroatoms. The monoisotopic (exact) mass is 278 g/mol. The van der Waals surface area contributed by atoms with Gasteiger partial charge in [0.2, 0.25) is 0 Å². The molecule has 0 unspecified atom stereocenters. The van der Waals surface area contributed by atoms with Gasteiger partial charge in [0.25, 0.3) is 5.56 Å². The van der Waals surface area contributed by atoms with Crippen molar-refractivity contribution in [2.45, 2.75) is 26.8 Å². The van der Waals surface area contributed by atoms with E-state index in [1.54, 1.807) is 24.3 Å². The molecule has 0 aliphatic heterocycles. The van der Waals surface area contributed by atoms with Crippen LogP contribution < -0.4 is 5.56 Å². The second kappa shape index (κ2) is 5.36. The first-order chi connectivity index (χ1) is 9.02. The number of aryl methyl sites for hydroxylation is 2. The first kappa shape index (κ1) is 13.5. The molecule has 0 atom stereocenters. The number of hydrogen-bond acceptors (Lipinski definition) is 4. The second-order valence-electron chi connectivity index (χ2n) is 4.17. The molecule has 0 fully saturated rings. The Morgan fingerprint density at radius 2 is 2.21 bits per heavy atom. The number of carboxylic acid groups (broad SMARTS) is 1. The van der Waals surface area contributed by atoms with Gasteiger partial charge in [0.15, 0.2) is 0 Å². The molecular weight excluding hydrogens is 264 g/mol. The van der Waals surface area contributed by atoms with Crippen LogP contribution in [0.3, 0.4) is 0 Å². The standard InChI is InChI=1S/C13H14N2O3S/c1-3-11-14-9(7-19-11)6-15-8(2)4-5-10(12(15)16)13(17)18/h4-5,7H,3,6H2,1-2H3,(H,17,18). The van der Waals surface area contributed by atoms with Crippen molar-refractivity contribution in [2.24, 2.45) is 0 Å². The minimum absolute atomic E-state index is 0.212. The number of aromatic carboxylic acids is 1. The maximum atomic E-state index is 12.1. The molecule has 0 radical (unpaired) electrons. The van der Waals surface area contributed by atoms with Gasteiger partial charge in [-0.25, -0.2) is 9.78 Å². The van der Waals surface area contributed by atoms with Gasteiger partial charge in [0, 0.05) is 11.1 Å². The molecule has 0 saturated heterocycles. The highest BCUT2D eigenvalue weighted by molar-refractivity contribution is 7.09. The fraction of sp³-hybridized carbons (Fsp3) is 0.308. The lowest BCUT2D eigenvalue weighted by Crippen LogP contribution is -2.28. The van der Waals surface area contributed by atoms with Gasteiger partial charge in [-0.2, -0.15) is 0 Å². The van der Waals surface area contributed by atoms with Crippen LogP contribution in [0.25, 0.3) is 0 Å². The number of thiazole rings is 1. The van der Waals surface area contributed by atoms with E-state index < -0.39 is 11.5 Å². The van der Waals surface area contributed by atoms with Gasteiger partial charge in [0.05, 0.1) is 17.2 Å². The Morgan fingerprint density at radius 1 is 1.47 bits per heavy atom. The van der Waals surface area contributed by atoms with Gasteiger partial charge < -0.3 is 9.67 Å². The second-order valence-corrected chi connectivity index (χ2v) is 5.11. The normalized spacial score (nSPS) is 10.6. The van der Waals surface area contributed by atoms with Crippen molar-refractivity contribution in [3.05, 3.63) is 49.8 Å². The topological polar surface area (TPSA) is 72.2 Å². The van der Waals surface area contributed by atoms with Gasteiger partial charge in [-0.1, -0.05) is 6.92 Å². The predicted molar refractivity (Wildman–Crippen MR) is 73.0 cm³/mol. The number of hydrogen-bond donors (Lipinski definition) is 1. The Kier molecular flexibility index (Phi) is 3.80. The summed E-state index contributed by atoms with van der Waals surface area (Å²) >= 11 is 1.55. The van der Waals surface area contributed by atoms with Crippen LogP contribution in [0.5, 0.6) is 0 Å². The van der Waals surface area contributed by atoms with E-state index in [4.69, 9.17) is 5.11 Å². The molecule has 1 N–H and O–H groups in total. The molecule has 2 rings (SSSR count). The third kappa shape index (κ3) is 2.73. The summed E-state index contributed by atoms with van der Waals surface area (Å²) in [6.45, 7) is 4.10. The highest BCUT2D eigenvalue weighted by Gasteiger charge is 2.13. The smallest absolute Gasteiger partial charge is 0.341 e. The highest BCUT2D eigenvalue weighted by atomic mass is 32.1. The Balaban J connectivity index is 2.42. The SMILES string of the molecule is CCc1nc(Cn2c(C)ccc(C(=O)O)c2=O)cs1. The fourth-order valence-electron chi connectivity index (χ4n) is 1.78. The van der Waals surface area contributed by atoms with Crippen molar-refractivity contribution < 1.29 is 9.90 Å². The van der Waals surface area contributed by atoms with E-state index in [-0.39, 0.29) is 5.56 Å². The van der Waals surface area contributed by atoms with E-state index in [0.717, 1.165) is 22.8 Å². The molecule has 0 bridgehead atoms. The van der Waals surface area contributed by atoms with E-state index in [9.17, 15) is 9.59 Å². The molecule has 0 aliphatic rings. The maximum Gasteiger partial charge on any atom is 0.341 e. The molecule has 5 nitrogen and oxygen atoms in total. The van der Waals surface area contributed by atoms with Crippen molar-refractivity contribution in [1.82, 2.24) is 9.55 Å². The van der Waals surface area contributed by atoms with E-state index in [2.05, 4.69) is 4.98 Å². The van der Waals surface area contributed by atoms with Crippen LogP contribution >= 0.6 is 11.3 Å². The lowest BCUT2D eigenvalue weighted by Gasteiger charge is -2.09. The van der Waals surface area contributed by atoms with Crippen molar-refractivity contribution in [3.8, 4) is 0 Å². The van der Waals surface area contributed by atoms with Crippen LogP contribution in [0.2, 0.25) is 0 Å². The van der Waals surface area contributed by atoms with Gasteiger partial charge in [-0.05, 0) is 25.5 Å². The highest BCUT2D eigenvalue weighted by Crippen LogP contribution is 2.11. The Labute approximate surface area is 114 Å². The van der Waals surface area contributed by atoms with E-state index in [1.807, 2.05) is 12.3 Å². The van der Waals surface area contributed by atoms with Crippen LogP contribution in [0.15, 0.2) is 22.3 Å². The largest absolute Gasteiger partial charge is 0.477 e. The molecule has 2 aromatic heterocycles. The van der Waals surface area contributed by atoms with Crippen molar-refractivity contribution in [1.29, 1.82) is 0 Å². The number of nitrogens with zero attached hydrogens (tertiary/aromatic N) is 2. The van der Waals surface area contributed by atoms with Crippen LogP contribution in [-0.2, 0) is 13.0 Å². The van der Waals surface area contributed by atoms with Crippen molar-refractivity contribution in [2.75, 3.05) is 0 Å².